The molecule has 1 saturated carbocycles. The van der Waals surface area contributed by atoms with Gasteiger partial charge in [-0.25, -0.2) is 0 Å². The predicted molar refractivity (Wildman–Crippen MR) is 154 cm³/mol. The average Bonchev–Trinajstić information content (AvgIpc) is 2.95. The minimum atomic E-state index is -0.0292. The van der Waals surface area contributed by atoms with Gasteiger partial charge in [0.25, 0.3) is 5.91 Å². The Bertz CT molecular complexity index is 1340. The minimum absolute atomic E-state index is 0.0292. The van der Waals surface area contributed by atoms with E-state index in [1.54, 1.807) is 0 Å². The van der Waals surface area contributed by atoms with Crippen LogP contribution >= 0.6 is 0 Å². The first-order valence-electron chi connectivity index (χ1n) is 13.9. The lowest BCUT2D eigenvalue weighted by Gasteiger charge is -2.28. The number of pyridine rings is 1. The van der Waals surface area contributed by atoms with Crippen LogP contribution in [0.5, 0.6) is 0 Å². The summed E-state index contributed by atoms with van der Waals surface area (Å²) in [4.78, 5) is 17.8. The number of nitrogens with zero attached hydrogens (tertiary/aromatic N) is 1. The molecule has 5 rings (SSSR count). The first kappa shape index (κ1) is 25.2. The Labute approximate surface area is 221 Å². The normalized spacial score (nSPS) is 17.6. The van der Waals surface area contributed by atoms with E-state index in [-0.39, 0.29) is 5.91 Å². The van der Waals surface area contributed by atoms with Gasteiger partial charge in [-0.05, 0) is 91.7 Å². The second-order valence-corrected chi connectivity index (χ2v) is 10.6. The molecule has 3 heteroatoms. The molecule has 1 amide bonds. The molecule has 1 heterocycles. The number of aryl methyl sites for hydroxylation is 2. The van der Waals surface area contributed by atoms with Crippen molar-refractivity contribution in [2.24, 2.45) is 5.92 Å². The molecule has 0 spiro atoms. The molecule has 3 aromatic carbocycles. The highest BCUT2D eigenvalue weighted by molar-refractivity contribution is 6.06. The average molecular weight is 491 g/mol. The lowest BCUT2D eigenvalue weighted by Crippen LogP contribution is -2.25. The zero-order chi connectivity index (χ0) is 25.6. The fourth-order valence-electron chi connectivity index (χ4n) is 5.81. The minimum Gasteiger partial charge on any atom is -0.352 e. The van der Waals surface area contributed by atoms with Crippen LogP contribution in [0.4, 0.5) is 0 Å². The summed E-state index contributed by atoms with van der Waals surface area (Å²) >= 11 is 0. The molecular formula is C34H38N2O. The first-order valence-corrected chi connectivity index (χ1v) is 13.9. The van der Waals surface area contributed by atoms with Crippen LogP contribution in [0.15, 0.2) is 78.9 Å². The van der Waals surface area contributed by atoms with Crippen LogP contribution in [-0.4, -0.2) is 17.4 Å². The Morgan fingerprint density at radius 1 is 0.892 bits per heavy atom. The SMILES string of the molecule is CCC1CCC(c2ccc(-c3ccc4c(C(=O)NCCCc5ccccc5)cc(C)nc4c3)cc2)CC1. The summed E-state index contributed by atoms with van der Waals surface area (Å²) in [6.07, 6.45) is 8.54. The number of amides is 1. The third kappa shape index (κ3) is 6.10. The third-order valence-electron chi connectivity index (χ3n) is 8.09. The van der Waals surface area contributed by atoms with Crippen molar-refractivity contribution in [1.82, 2.24) is 10.3 Å². The van der Waals surface area contributed by atoms with Gasteiger partial charge >= 0.3 is 0 Å². The highest BCUT2D eigenvalue weighted by Gasteiger charge is 2.21. The van der Waals surface area contributed by atoms with Crippen molar-refractivity contribution in [3.8, 4) is 11.1 Å². The molecule has 0 aliphatic heterocycles. The van der Waals surface area contributed by atoms with Crippen LogP contribution in [0.25, 0.3) is 22.0 Å². The summed E-state index contributed by atoms with van der Waals surface area (Å²) in [6.45, 7) is 4.93. The molecule has 1 aliphatic rings. The molecule has 0 bridgehead atoms. The number of rotatable bonds is 8. The highest BCUT2D eigenvalue weighted by Crippen LogP contribution is 2.37. The Morgan fingerprint density at radius 3 is 2.35 bits per heavy atom. The first-order chi connectivity index (χ1) is 18.1. The Hall–Kier alpha value is -3.46. The van der Waals surface area contributed by atoms with Gasteiger partial charge in [0.15, 0.2) is 0 Å². The van der Waals surface area contributed by atoms with Crippen LogP contribution in [0.2, 0.25) is 0 Å². The smallest absolute Gasteiger partial charge is 0.252 e. The second-order valence-electron chi connectivity index (χ2n) is 10.6. The predicted octanol–water partition coefficient (Wildman–Crippen LogP) is 8.26. The van der Waals surface area contributed by atoms with Crippen molar-refractivity contribution in [1.29, 1.82) is 0 Å². The van der Waals surface area contributed by atoms with Crippen LogP contribution in [-0.2, 0) is 6.42 Å². The third-order valence-corrected chi connectivity index (χ3v) is 8.09. The molecule has 4 aromatic rings. The van der Waals surface area contributed by atoms with E-state index in [9.17, 15) is 4.79 Å². The molecule has 1 aliphatic carbocycles. The monoisotopic (exact) mass is 490 g/mol. The van der Waals surface area contributed by atoms with Gasteiger partial charge in [-0.2, -0.15) is 0 Å². The summed E-state index contributed by atoms with van der Waals surface area (Å²) < 4.78 is 0. The standard InChI is InChI=1S/C34H38N2O/c1-3-25-11-13-27(14-12-25)28-15-17-29(18-16-28)30-19-20-31-32(22-24(2)36-33(31)23-30)34(37)35-21-7-10-26-8-5-4-6-9-26/h4-6,8-9,15-20,22-23,25,27H,3,7,10-14,21H2,1-2H3,(H,35,37). The van der Waals surface area contributed by atoms with Crippen molar-refractivity contribution in [2.45, 2.75) is 64.7 Å². The summed E-state index contributed by atoms with van der Waals surface area (Å²) in [7, 11) is 0. The lowest BCUT2D eigenvalue weighted by atomic mass is 9.77. The van der Waals surface area contributed by atoms with Crippen molar-refractivity contribution in [2.75, 3.05) is 6.54 Å². The lowest BCUT2D eigenvalue weighted by molar-refractivity contribution is 0.0954. The summed E-state index contributed by atoms with van der Waals surface area (Å²) in [5.41, 5.74) is 7.53. The van der Waals surface area contributed by atoms with Crippen LogP contribution in [0.1, 0.15) is 78.5 Å². The largest absolute Gasteiger partial charge is 0.352 e. The van der Waals surface area contributed by atoms with E-state index in [2.05, 4.69) is 79.0 Å². The van der Waals surface area contributed by atoms with Gasteiger partial charge in [0.2, 0.25) is 0 Å². The topological polar surface area (TPSA) is 42.0 Å². The van der Waals surface area contributed by atoms with Gasteiger partial charge in [0, 0.05) is 17.6 Å². The number of benzene rings is 3. The molecule has 1 aromatic heterocycles. The van der Waals surface area contributed by atoms with Crippen molar-refractivity contribution in [3.63, 3.8) is 0 Å². The zero-order valence-corrected chi connectivity index (χ0v) is 22.2. The number of hydrogen-bond donors (Lipinski definition) is 1. The van der Waals surface area contributed by atoms with Crippen molar-refractivity contribution >= 4 is 16.8 Å². The maximum atomic E-state index is 13.1. The number of hydrogen-bond acceptors (Lipinski definition) is 2. The summed E-state index contributed by atoms with van der Waals surface area (Å²) in [5.74, 6) is 1.59. The van der Waals surface area contributed by atoms with Crippen LogP contribution in [0.3, 0.4) is 0 Å². The quantitative estimate of drug-likeness (QED) is 0.253. The highest BCUT2D eigenvalue weighted by atomic mass is 16.1. The fourth-order valence-corrected chi connectivity index (χ4v) is 5.81. The fraction of sp³-hybridized carbons (Fsp3) is 0.353. The molecule has 190 valence electrons. The van der Waals surface area contributed by atoms with Gasteiger partial charge in [-0.3, -0.25) is 9.78 Å². The Kier molecular flexibility index (Phi) is 7.99. The molecule has 3 nitrogen and oxygen atoms in total. The van der Waals surface area contributed by atoms with Crippen LogP contribution in [0, 0.1) is 12.8 Å². The molecule has 1 N–H and O–H groups in total. The maximum Gasteiger partial charge on any atom is 0.252 e. The molecule has 0 radical (unpaired) electrons. The molecule has 0 saturated heterocycles. The van der Waals surface area contributed by atoms with E-state index in [1.807, 2.05) is 19.1 Å². The van der Waals surface area contributed by atoms with E-state index < -0.39 is 0 Å². The Morgan fingerprint density at radius 2 is 1.62 bits per heavy atom. The van der Waals surface area contributed by atoms with Gasteiger partial charge in [-0.15, -0.1) is 0 Å². The van der Waals surface area contributed by atoms with Gasteiger partial charge in [-0.1, -0.05) is 80.1 Å². The van der Waals surface area contributed by atoms with Crippen molar-refractivity contribution in [3.05, 3.63) is 101 Å². The zero-order valence-electron chi connectivity index (χ0n) is 22.2. The Balaban J connectivity index is 1.27. The van der Waals surface area contributed by atoms with E-state index in [0.29, 0.717) is 18.0 Å². The molecular weight excluding hydrogens is 452 g/mol. The summed E-state index contributed by atoms with van der Waals surface area (Å²) in [5, 5.41) is 4.01. The molecule has 0 atom stereocenters. The number of nitrogens with one attached hydrogen (secondary N) is 1. The number of fused-ring (bicyclic) bond motifs is 1. The van der Waals surface area contributed by atoms with E-state index in [0.717, 1.165) is 40.9 Å². The maximum absolute atomic E-state index is 13.1. The second kappa shape index (κ2) is 11.7. The van der Waals surface area contributed by atoms with Gasteiger partial charge < -0.3 is 5.32 Å². The van der Waals surface area contributed by atoms with Gasteiger partial charge in [0.1, 0.15) is 0 Å². The molecule has 37 heavy (non-hydrogen) atoms. The van der Waals surface area contributed by atoms with E-state index in [4.69, 9.17) is 4.98 Å². The summed E-state index contributed by atoms with van der Waals surface area (Å²) in [6, 6.07) is 27.7. The van der Waals surface area contributed by atoms with Gasteiger partial charge in [0.05, 0.1) is 11.1 Å². The number of carbonyl (C=O) groups is 1. The number of carbonyl (C=O) groups excluding carboxylic acids is 1. The molecule has 1 fully saturated rings. The number of aromatic nitrogens is 1. The van der Waals surface area contributed by atoms with Crippen molar-refractivity contribution < 1.29 is 4.79 Å². The van der Waals surface area contributed by atoms with Crippen LogP contribution < -0.4 is 5.32 Å². The molecule has 0 unspecified atom stereocenters. The van der Waals surface area contributed by atoms with E-state index in [1.165, 1.54) is 48.8 Å². The van der Waals surface area contributed by atoms with E-state index >= 15 is 0 Å².